The van der Waals surface area contributed by atoms with Gasteiger partial charge in [-0.05, 0) is 32.2 Å². The monoisotopic (exact) mass is 280 g/mol. The van der Waals surface area contributed by atoms with Gasteiger partial charge < -0.3 is 5.32 Å². The van der Waals surface area contributed by atoms with Gasteiger partial charge in [0.15, 0.2) is 5.82 Å². The number of amides is 1. The normalized spacial score (nSPS) is 10.4. The van der Waals surface area contributed by atoms with Gasteiger partial charge in [0.1, 0.15) is 9.90 Å². The maximum absolute atomic E-state index is 12.0. The van der Waals surface area contributed by atoms with Crippen molar-refractivity contribution in [2.75, 3.05) is 11.6 Å². The molecule has 2 aromatic heterocycles. The highest BCUT2D eigenvalue weighted by Crippen LogP contribution is 2.18. The molecule has 0 fully saturated rings. The molecule has 0 spiro atoms. The van der Waals surface area contributed by atoms with Crippen LogP contribution in [0.25, 0.3) is 0 Å². The van der Waals surface area contributed by atoms with Crippen molar-refractivity contribution in [3.8, 4) is 0 Å². The van der Waals surface area contributed by atoms with Gasteiger partial charge in [0.2, 0.25) is 0 Å². The van der Waals surface area contributed by atoms with Crippen molar-refractivity contribution in [3.05, 3.63) is 27.7 Å². The molecule has 0 unspecified atom stereocenters. The van der Waals surface area contributed by atoms with Crippen LogP contribution in [-0.4, -0.2) is 27.3 Å². The Kier molecular flexibility index (Phi) is 3.93. The number of hydrogen-bond acceptors (Lipinski definition) is 6. The zero-order chi connectivity index (χ0) is 13.1. The Labute approximate surface area is 113 Å². The van der Waals surface area contributed by atoms with Crippen LogP contribution in [-0.2, 0) is 0 Å². The molecule has 0 aliphatic heterocycles. The molecule has 94 valence electrons. The Bertz CT molecular complexity index is 565. The molecule has 18 heavy (non-hydrogen) atoms. The van der Waals surface area contributed by atoms with Crippen LogP contribution in [0, 0.1) is 13.8 Å². The summed E-state index contributed by atoms with van der Waals surface area (Å²) < 4.78 is 0. The van der Waals surface area contributed by atoms with E-state index in [2.05, 4.69) is 20.5 Å². The van der Waals surface area contributed by atoms with Crippen LogP contribution in [0.15, 0.2) is 17.2 Å². The quantitative estimate of drug-likeness (QED) is 0.875. The maximum Gasteiger partial charge on any atom is 0.268 e. The van der Waals surface area contributed by atoms with Gasteiger partial charge in [-0.1, -0.05) is 0 Å². The molecule has 7 heteroatoms. The zero-order valence-corrected chi connectivity index (χ0v) is 11.9. The second-order valence-electron chi connectivity index (χ2n) is 3.56. The topological polar surface area (TPSA) is 67.8 Å². The third kappa shape index (κ3) is 2.85. The van der Waals surface area contributed by atoms with Crippen molar-refractivity contribution in [1.29, 1.82) is 0 Å². The number of thiazole rings is 1. The van der Waals surface area contributed by atoms with Crippen molar-refractivity contribution in [2.24, 2.45) is 0 Å². The SMILES string of the molecule is CSc1ccc(NC(=O)c2sc(C)nc2C)nn1. The van der Waals surface area contributed by atoms with E-state index in [-0.39, 0.29) is 5.91 Å². The van der Waals surface area contributed by atoms with Crippen LogP contribution in [0.1, 0.15) is 20.4 Å². The average Bonchev–Trinajstić information content (AvgIpc) is 2.69. The minimum Gasteiger partial charge on any atom is -0.304 e. The zero-order valence-electron chi connectivity index (χ0n) is 10.2. The number of thioether (sulfide) groups is 1. The van der Waals surface area contributed by atoms with Gasteiger partial charge in [0.05, 0.1) is 10.7 Å². The fourth-order valence-electron chi connectivity index (χ4n) is 1.41. The highest BCUT2D eigenvalue weighted by Gasteiger charge is 2.14. The molecule has 0 bridgehead atoms. The van der Waals surface area contributed by atoms with E-state index in [0.717, 1.165) is 15.7 Å². The van der Waals surface area contributed by atoms with Gasteiger partial charge in [-0.15, -0.1) is 33.3 Å². The number of rotatable bonds is 3. The third-order valence-electron chi connectivity index (χ3n) is 2.20. The van der Waals surface area contributed by atoms with Crippen molar-refractivity contribution in [3.63, 3.8) is 0 Å². The van der Waals surface area contributed by atoms with Gasteiger partial charge in [0.25, 0.3) is 5.91 Å². The van der Waals surface area contributed by atoms with Crippen molar-refractivity contribution >= 4 is 34.8 Å². The standard InChI is InChI=1S/C11H12N4OS2/c1-6-10(18-7(2)12-6)11(16)13-8-4-5-9(17-3)15-14-8/h4-5H,1-3H3,(H,13,14,16). The summed E-state index contributed by atoms with van der Waals surface area (Å²) in [5.74, 6) is 0.257. The number of anilines is 1. The molecule has 2 aromatic rings. The molecule has 0 saturated heterocycles. The number of hydrogen-bond donors (Lipinski definition) is 1. The van der Waals surface area contributed by atoms with Crippen molar-refractivity contribution < 1.29 is 4.79 Å². The van der Waals surface area contributed by atoms with Crippen LogP contribution < -0.4 is 5.32 Å². The Hall–Kier alpha value is -1.47. The predicted molar refractivity (Wildman–Crippen MR) is 73.4 cm³/mol. The molecule has 0 atom stereocenters. The second-order valence-corrected chi connectivity index (χ2v) is 5.59. The molecule has 2 rings (SSSR count). The number of carbonyl (C=O) groups excluding carboxylic acids is 1. The molecule has 5 nitrogen and oxygen atoms in total. The van der Waals surface area contributed by atoms with Crippen molar-refractivity contribution in [2.45, 2.75) is 18.9 Å². The first kappa shape index (κ1) is 13.0. The van der Waals surface area contributed by atoms with E-state index in [4.69, 9.17) is 0 Å². The van der Waals surface area contributed by atoms with E-state index in [1.165, 1.54) is 23.1 Å². The number of aromatic nitrogens is 3. The van der Waals surface area contributed by atoms with Crippen LogP contribution in [0.4, 0.5) is 5.82 Å². The van der Waals surface area contributed by atoms with Gasteiger partial charge in [-0.25, -0.2) is 4.98 Å². The van der Waals surface area contributed by atoms with E-state index < -0.39 is 0 Å². The fourth-order valence-corrected chi connectivity index (χ4v) is 2.55. The summed E-state index contributed by atoms with van der Waals surface area (Å²) in [7, 11) is 0. The summed E-state index contributed by atoms with van der Waals surface area (Å²) >= 11 is 2.88. The molecule has 0 saturated carbocycles. The Morgan fingerprint density at radius 3 is 2.61 bits per heavy atom. The summed E-state index contributed by atoms with van der Waals surface area (Å²) in [4.78, 5) is 16.8. The molecule has 1 amide bonds. The van der Waals surface area contributed by atoms with E-state index in [0.29, 0.717) is 10.7 Å². The largest absolute Gasteiger partial charge is 0.304 e. The molecule has 0 aliphatic carbocycles. The van der Waals surface area contributed by atoms with E-state index in [1.54, 1.807) is 6.07 Å². The third-order valence-corrected chi connectivity index (χ3v) is 3.91. The summed E-state index contributed by atoms with van der Waals surface area (Å²) in [6, 6.07) is 3.55. The van der Waals surface area contributed by atoms with Crippen molar-refractivity contribution in [1.82, 2.24) is 15.2 Å². The first-order valence-electron chi connectivity index (χ1n) is 5.23. The van der Waals surface area contributed by atoms with Gasteiger partial charge in [-0.2, -0.15) is 0 Å². The summed E-state index contributed by atoms with van der Waals surface area (Å²) in [5.41, 5.74) is 0.740. The smallest absolute Gasteiger partial charge is 0.268 e. The van der Waals surface area contributed by atoms with E-state index in [9.17, 15) is 4.79 Å². The minimum atomic E-state index is -0.190. The van der Waals surface area contributed by atoms with Crippen LogP contribution in [0.3, 0.4) is 0 Å². The number of nitrogens with one attached hydrogen (secondary N) is 1. The Morgan fingerprint density at radius 1 is 1.33 bits per heavy atom. The van der Waals surface area contributed by atoms with Crippen LogP contribution in [0.2, 0.25) is 0 Å². The van der Waals surface area contributed by atoms with E-state index in [1.807, 2.05) is 26.2 Å². The summed E-state index contributed by atoms with van der Waals surface area (Å²) in [6.45, 7) is 3.70. The highest BCUT2D eigenvalue weighted by atomic mass is 32.2. The van der Waals surface area contributed by atoms with E-state index >= 15 is 0 Å². The molecule has 0 radical (unpaired) electrons. The molecular weight excluding hydrogens is 268 g/mol. The lowest BCUT2D eigenvalue weighted by atomic mass is 10.3. The van der Waals surface area contributed by atoms with Crippen LogP contribution in [0.5, 0.6) is 0 Å². The number of carbonyl (C=O) groups is 1. The Balaban J connectivity index is 2.13. The lowest BCUT2D eigenvalue weighted by molar-refractivity contribution is 0.102. The minimum absolute atomic E-state index is 0.190. The Morgan fingerprint density at radius 2 is 2.11 bits per heavy atom. The fraction of sp³-hybridized carbons (Fsp3) is 0.273. The van der Waals surface area contributed by atoms with Gasteiger partial charge in [-0.3, -0.25) is 4.79 Å². The molecule has 2 heterocycles. The van der Waals surface area contributed by atoms with Gasteiger partial charge >= 0.3 is 0 Å². The lowest BCUT2D eigenvalue weighted by Crippen LogP contribution is -2.13. The average molecular weight is 280 g/mol. The molecular formula is C11H12N4OS2. The number of nitrogens with zero attached hydrogens (tertiary/aromatic N) is 3. The summed E-state index contributed by atoms with van der Waals surface area (Å²) in [6.07, 6.45) is 1.92. The maximum atomic E-state index is 12.0. The highest BCUT2D eigenvalue weighted by molar-refractivity contribution is 7.98. The van der Waals surface area contributed by atoms with Crippen LogP contribution >= 0.6 is 23.1 Å². The molecule has 1 N–H and O–H groups in total. The molecule has 0 aliphatic rings. The lowest BCUT2D eigenvalue weighted by Gasteiger charge is -2.02. The second kappa shape index (κ2) is 5.45. The predicted octanol–water partition coefficient (Wildman–Crippen LogP) is 2.52. The number of aryl methyl sites for hydroxylation is 2. The first-order valence-corrected chi connectivity index (χ1v) is 7.27. The van der Waals surface area contributed by atoms with Gasteiger partial charge in [0, 0.05) is 0 Å². The first-order chi connectivity index (χ1) is 8.60. The summed E-state index contributed by atoms with van der Waals surface area (Å²) in [5, 5.41) is 12.3. The molecule has 0 aromatic carbocycles.